The first kappa shape index (κ1) is 8.12. The molecule has 0 aliphatic heterocycles. The van der Waals surface area contributed by atoms with E-state index < -0.39 is 0 Å². The Balaban J connectivity index is 2.41. The average Bonchev–Trinajstić information content (AvgIpc) is 2.53. The van der Waals surface area contributed by atoms with Crippen molar-refractivity contribution in [2.75, 3.05) is 5.73 Å². The van der Waals surface area contributed by atoms with E-state index in [0.29, 0.717) is 11.5 Å². The van der Waals surface area contributed by atoms with Crippen molar-refractivity contribution in [3.05, 3.63) is 23.6 Å². The maximum atomic E-state index is 5.47. The highest BCUT2D eigenvalue weighted by molar-refractivity contribution is 7.14. The van der Waals surface area contributed by atoms with Gasteiger partial charge < -0.3 is 5.73 Å². The van der Waals surface area contributed by atoms with E-state index in [1.807, 2.05) is 6.92 Å². The minimum Gasteiger partial charge on any atom is -0.396 e. The van der Waals surface area contributed by atoms with Gasteiger partial charge in [0.25, 0.3) is 0 Å². The Morgan fingerprint density at radius 3 is 2.38 bits per heavy atom. The topological polar surface area (TPSA) is 64.7 Å². The monoisotopic (exact) mass is 192 g/mol. The molecule has 0 amide bonds. The fourth-order valence-electron chi connectivity index (χ4n) is 0.930. The molecular weight excluding hydrogens is 184 g/mol. The molecule has 0 fully saturated rings. The zero-order valence-electron chi connectivity index (χ0n) is 7.06. The number of nitrogen functional groups attached to an aromatic ring is 1. The third-order valence-electron chi connectivity index (χ3n) is 1.51. The predicted molar refractivity (Wildman–Crippen MR) is 52.3 cm³/mol. The van der Waals surface area contributed by atoms with Gasteiger partial charge in [-0.15, -0.1) is 11.3 Å². The van der Waals surface area contributed by atoms with Crippen molar-refractivity contribution in [2.24, 2.45) is 0 Å². The summed E-state index contributed by atoms with van der Waals surface area (Å²) in [6.07, 6.45) is 4.96. The highest BCUT2D eigenvalue weighted by atomic mass is 32.1. The molecule has 2 heterocycles. The Morgan fingerprint density at radius 1 is 1.15 bits per heavy atom. The molecular formula is C8H8N4S. The summed E-state index contributed by atoms with van der Waals surface area (Å²) in [7, 11) is 0. The van der Waals surface area contributed by atoms with E-state index >= 15 is 0 Å². The molecule has 2 rings (SSSR count). The quantitative estimate of drug-likeness (QED) is 0.743. The second-order valence-electron chi connectivity index (χ2n) is 2.58. The zero-order valence-corrected chi connectivity index (χ0v) is 7.88. The molecule has 13 heavy (non-hydrogen) atoms. The summed E-state index contributed by atoms with van der Waals surface area (Å²) < 4.78 is 0. The number of anilines is 1. The second kappa shape index (κ2) is 3.10. The van der Waals surface area contributed by atoms with Gasteiger partial charge in [0.05, 0.1) is 28.0 Å². The van der Waals surface area contributed by atoms with Crippen LogP contribution in [0.1, 0.15) is 5.01 Å². The number of aryl methyl sites for hydroxylation is 1. The van der Waals surface area contributed by atoms with E-state index in [4.69, 9.17) is 5.73 Å². The largest absolute Gasteiger partial charge is 0.396 e. The number of hydrogen-bond donors (Lipinski definition) is 1. The maximum Gasteiger partial charge on any atom is 0.171 e. The molecule has 0 atom stereocenters. The number of nitrogens with two attached hydrogens (primary N) is 1. The van der Waals surface area contributed by atoms with Crippen LogP contribution < -0.4 is 5.73 Å². The van der Waals surface area contributed by atoms with Crippen LogP contribution in [0, 0.1) is 6.92 Å². The molecule has 66 valence electrons. The lowest BCUT2D eigenvalue weighted by molar-refractivity contribution is 1.18. The Labute approximate surface area is 79.5 Å². The van der Waals surface area contributed by atoms with Gasteiger partial charge in [-0.25, -0.2) is 15.0 Å². The van der Waals surface area contributed by atoms with Gasteiger partial charge in [-0.2, -0.15) is 0 Å². The van der Waals surface area contributed by atoms with Crippen molar-refractivity contribution in [3.63, 3.8) is 0 Å². The first-order valence-electron chi connectivity index (χ1n) is 3.76. The van der Waals surface area contributed by atoms with Crippen molar-refractivity contribution in [3.8, 4) is 10.7 Å². The molecule has 0 spiro atoms. The lowest BCUT2D eigenvalue weighted by Crippen LogP contribution is -1.90. The van der Waals surface area contributed by atoms with Crippen LogP contribution in [0.15, 0.2) is 18.6 Å². The predicted octanol–water partition coefficient (Wildman–Crippen LogP) is 1.49. The molecule has 0 bridgehead atoms. The summed E-state index contributed by atoms with van der Waals surface area (Å²) in [5, 5.41) is 1.01. The Morgan fingerprint density at radius 2 is 1.85 bits per heavy atom. The number of nitrogens with zero attached hydrogens (tertiary/aromatic N) is 3. The van der Waals surface area contributed by atoms with E-state index in [1.54, 1.807) is 29.9 Å². The molecule has 0 radical (unpaired) electrons. The maximum absolute atomic E-state index is 5.47. The van der Waals surface area contributed by atoms with Gasteiger partial charge in [-0.3, -0.25) is 0 Å². The molecule has 0 aliphatic rings. The van der Waals surface area contributed by atoms with E-state index in [-0.39, 0.29) is 0 Å². The SMILES string of the molecule is Cc1ncc(-c2ncc(N)cn2)s1. The van der Waals surface area contributed by atoms with Crippen LogP contribution in [0.3, 0.4) is 0 Å². The van der Waals surface area contributed by atoms with Crippen LogP contribution in [0.5, 0.6) is 0 Å². The fraction of sp³-hybridized carbons (Fsp3) is 0.125. The Kier molecular flexibility index (Phi) is 1.94. The number of aromatic nitrogens is 3. The first-order chi connectivity index (χ1) is 6.25. The second-order valence-corrected chi connectivity index (χ2v) is 3.82. The van der Waals surface area contributed by atoms with E-state index in [0.717, 1.165) is 9.88 Å². The summed E-state index contributed by atoms with van der Waals surface area (Å²) in [6.45, 7) is 1.95. The van der Waals surface area contributed by atoms with Crippen molar-refractivity contribution in [2.45, 2.75) is 6.92 Å². The lowest BCUT2D eigenvalue weighted by atomic mass is 10.5. The molecule has 0 saturated carbocycles. The summed E-state index contributed by atoms with van der Waals surface area (Å²) in [6, 6.07) is 0. The highest BCUT2D eigenvalue weighted by Crippen LogP contribution is 2.21. The first-order valence-corrected chi connectivity index (χ1v) is 4.57. The van der Waals surface area contributed by atoms with Crippen molar-refractivity contribution >= 4 is 17.0 Å². The molecule has 5 heteroatoms. The van der Waals surface area contributed by atoms with Gasteiger partial charge in [-0.05, 0) is 6.92 Å². The van der Waals surface area contributed by atoms with Crippen LogP contribution in [0.25, 0.3) is 10.7 Å². The smallest absolute Gasteiger partial charge is 0.171 e. The van der Waals surface area contributed by atoms with Gasteiger partial charge in [0, 0.05) is 6.20 Å². The van der Waals surface area contributed by atoms with Gasteiger partial charge in [0.15, 0.2) is 5.82 Å². The Bertz CT molecular complexity index is 406. The molecule has 2 aromatic rings. The number of hydrogen-bond acceptors (Lipinski definition) is 5. The van der Waals surface area contributed by atoms with Crippen LogP contribution in [-0.4, -0.2) is 15.0 Å². The zero-order chi connectivity index (χ0) is 9.26. The van der Waals surface area contributed by atoms with Crippen LogP contribution in [0.4, 0.5) is 5.69 Å². The van der Waals surface area contributed by atoms with Gasteiger partial charge >= 0.3 is 0 Å². The van der Waals surface area contributed by atoms with Gasteiger partial charge in [-0.1, -0.05) is 0 Å². The summed E-state index contributed by atoms with van der Waals surface area (Å²) >= 11 is 1.57. The minimum atomic E-state index is 0.574. The highest BCUT2D eigenvalue weighted by Gasteiger charge is 2.03. The van der Waals surface area contributed by atoms with Crippen LogP contribution in [-0.2, 0) is 0 Å². The normalized spacial score (nSPS) is 10.2. The molecule has 0 unspecified atom stereocenters. The Hall–Kier alpha value is -1.49. The van der Waals surface area contributed by atoms with E-state index in [2.05, 4.69) is 15.0 Å². The summed E-state index contributed by atoms with van der Waals surface area (Å²) in [4.78, 5) is 13.3. The van der Waals surface area contributed by atoms with E-state index in [9.17, 15) is 0 Å². The molecule has 0 aromatic carbocycles. The van der Waals surface area contributed by atoms with Crippen molar-refractivity contribution in [1.29, 1.82) is 0 Å². The molecule has 0 saturated heterocycles. The third-order valence-corrected chi connectivity index (χ3v) is 2.42. The average molecular weight is 192 g/mol. The minimum absolute atomic E-state index is 0.574. The number of rotatable bonds is 1. The lowest BCUT2D eigenvalue weighted by Gasteiger charge is -1.94. The molecule has 0 aliphatic carbocycles. The van der Waals surface area contributed by atoms with Crippen LogP contribution >= 0.6 is 11.3 Å². The molecule has 2 N–H and O–H groups in total. The standard InChI is InChI=1S/C8H8N4S/c1-5-10-4-7(13-5)8-11-2-6(9)3-12-8/h2-4H,9H2,1H3. The summed E-state index contributed by atoms with van der Waals surface area (Å²) in [5.41, 5.74) is 6.05. The molecule has 2 aromatic heterocycles. The number of thiazole rings is 1. The molecule has 4 nitrogen and oxygen atoms in total. The van der Waals surface area contributed by atoms with Gasteiger partial charge in [0.1, 0.15) is 0 Å². The van der Waals surface area contributed by atoms with Crippen molar-refractivity contribution < 1.29 is 0 Å². The third kappa shape index (κ3) is 1.65. The van der Waals surface area contributed by atoms with Crippen LogP contribution in [0.2, 0.25) is 0 Å². The van der Waals surface area contributed by atoms with E-state index in [1.165, 1.54) is 0 Å². The summed E-state index contributed by atoms with van der Waals surface area (Å²) in [5.74, 6) is 0.680. The fourth-order valence-corrected chi connectivity index (χ4v) is 1.66. The van der Waals surface area contributed by atoms with Crippen molar-refractivity contribution in [1.82, 2.24) is 15.0 Å². The van der Waals surface area contributed by atoms with Gasteiger partial charge in [0.2, 0.25) is 0 Å².